The van der Waals surface area contributed by atoms with Crippen molar-refractivity contribution in [1.29, 1.82) is 0 Å². The largest absolute Gasteiger partial charge is 0.507 e. The predicted molar refractivity (Wildman–Crippen MR) is 171 cm³/mol. The molecule has 7 aliphatic rings. The smallest absolute Gasteiger partial charge is 0.298 e. The molecule has 8 heteroatoms. The van der Waals surface area contributed by atoms with E-state index in [2.05, 4.69) is 19.6 Å². The minimum Gasteiger partial charge on any atom is -0.507 e. The van der Waals surface area contributed by atoms with E-state index in [-0.39, 0.29) is 52.8 Å². The molecule has 3 aliphatic heterocycles. The lowest BCUT2D eigenvalue weighted by Gasteiger charge is -2.56. The summed E-state index contributed by atoms with van der Waals surface area (Å²) < 4.78 is 26.0. The van der Waals surface area contributed by atoms with Crippen LogP contribution in [0.4, 0.5) is 0 Å². The molecule has 8 nitrogen and oxygen atoms in total. The molecule has 8 rings (SSSR count). The van der Waals surface area contributed by atoms with E-state index in [0.29, 0.717) is 53.9 Å². The number of Topliss-reactive ketones (excluding diaryl/α,β-unsaturated/α-hetero) is 2. The Labute approximate surface area is 270 Å². The molecular formula is C38H44O8. The van der Waals surface area contributed by atoms with E-state index in [1.165, 1.54) is 0 Å². The van der Waals surface area contributed by atoms with Crippen LogP contribution >= 0.6 is 0 Å². The molecule has 0 amide bonds. The van der Waals surface area contributed by atoms with E-state index in [4.69, 9.17) is 18.9 Å². The van der Waals surface area contributed by atoms with Crippen molar-refractivity contribution in [3.05, 3.63) is 64.0 Å². The van der Waals surface area contributed by atoms with Crippen molar-refractivity contribution < 1.29 is 38.4 Å². The first-order valence-corrected chi connectivity index (χ1v) is 16.5. The number of phenols is 1. The highest BCUT2D eigenvalue weighted by atomic mass is 16.6. The summed E-state index contributed by atoms with van der Waals surface area (Å²) in [4.78, 5) is 40.4. The van der Waals surface area contributed by atoms with Crippen LogP contribution in [0.25, 0.3) is 0 Å². The van der Waals surface area contributed by atoms with Gasteiger partial charge in [-0.2, -0.15) is 0 Å². The fraction of sp³-hybridized carbons (Fsp3) is 0.553. The number of aromatic hydroxyl groups is 1. The lowest BCUT2D eigenvalue weighted by molar-refractivity contribution is -0.171. The minimum absolute atomic E-state index is 0.0546. The van der Waals surface area contributed by atoms with Crippen LogP contribution in [0, 0.1) is 17.8 Å². The van der Waals surface area contributed by atoms with E-state index in [1.54, 1.807) is 19.1 Å². The number of ketones is 2. The molecular weight excluding hydrogens is 584 g/mol. The van der Waals surface area contributed by atoms with Crippen LogP contribution in [0.1, 0.15) is 108 Å². The molecule has 3 unspecified atom stereocenters. The molecule has 46 heavy (non-hydrogen) atoms. The highest BCUT2D eigenvalue weighted by Crippen LogP contribution is 2.69. The summed E-state index contributed by atoms with van der Waals surface area (Å²) in [5.41, 5.74) is -0.259. The lowest BCUT2D eigenvalue weighted by Crippen LogP contribution is -2.72. The maximum atomic E-state index is 15.0. The Balaban J connectivity index is 1.51. The summed E-state index contributed by atoms with van der Waals surface area (Å²) in [6.45, 7) is 18.4. The maximum absolute atomic E-state index is 15.0. The van der Waals surface area contributed by atoms with Gasteiger partial charge in [0, 0.05) is 40.9 Å². The molecule has 7 atom stereocenters. The first-order chi connectivity index (χ1) is 21.6. The second-order valence-electron chi connectivity index (χ2n) is 15.4. The maximum Gasteiger partial charge on any atom is 0.298 e. The molecule has 3 heterocycles. The zero-order valence-electron chi connectivity index (χ0n) is 27.9. The molecule has 1 spiro atoms. The first kappa shape index (κ1) is 31.0. The Morgan fingerprint density at radius 2 is 1.85 bits per heavy atom. The lowest BCUT2D eigenvalue weighted by atomic mass is 9.51. The molecule has 1 saturated heterocycles. The molecule has 0 radical (unpaired) electrons. The van der Waals surface area contributed by atoms with Crippen molar-refractivity contribution in [2.24, 2.45) is 17.8 Å². The van der Waals surface area contributed by atoms with Gasteiger partial charge in [-0.3, -0.25) is 14.4 Å². The van der Waals surface area contributed by atoms with Gasteiger partial charge in [-0.15, -0.1) is 0 Å². The van der Waals surface area contributed by atoms with Gasteiger partial charge in [0.05, 0.1) is 5.60 Å². The average molecular weight is 629 g/mol. The third kappa shape index (κ3) is 3.91. The van der Waals surface area contributed by atoms with E-state index < -0.39 is 28.3 Å². The predicted octanol–water partition coefficient (Wildman–Crippen LogP) is 6.99. The number of ether oxygens (including phenoxy) is 4. The van der Waals surface area contributed by atoms with Crippen LogP contribution < -0.4 is 9.47 Å². The molecule has 1 N–H and O–H groups in total. The van der Waals surface area contributed by atoms with E-state index in [0.717, 1.165) is 24.0 Å². The minimum atomic E-state index is -1.54. The fourth-order valence-electron chi connectivity index (χ4n) is 9.68. The number of benzene rings is 1. The Morgan fingerprint density at radius 1 is 1.11 bits per heavy atom. The first-order valence-electron chi connectivity index (χ1n) is 16.5. The standard InChI is InChI=1S/C38H44O8/c1-19(2)9-10-24-32-28(25-17-36(8,44-32)13-12-23(25)20(3)4)31(41)29-30(40)26-15-22-16-27-35(6,7)46-37(34(22)42,14-11-21(5)43-18-39)38(26,27)45-33(24)29/h9,11,15,18,22-23,25,27,41H,3,10,12-14,16-17H2,1-2,4-8H3/b21-11-/t22-,23+,25?,27?,36+,37?,38-/m1/s1. The third-order valence-electron chi connectivity index (χ3n) is 11.7. The number of carbonyl (C=O) groups excluding carboxylic acids is 3. The van der Waals surface area contributed by atoms with Crippen molar-refractivity contribution >= 4 is 18.0 Å². The van der Waals surface area contributed by atoms with Crippen molar-refractivity contribution in [2.45, 2.75) is 115 Å². The van der Waals surface area contributed by atoms with Crippen molar-refractivity contribution in [3.63, 3.8) is 0 Å². The summed E-state index contributed by atoms with van der Waals surface area (Å²) >= 11 is 0. The summed E-state index contributed by atoms with van der Waals surface area (Å²) in [7, 11) is 0. The van der Waals surface area contributed by atoms with Crippen LogP contribution in [0.2, 0.25) is 0 Å². The molecule has 3 fully saturated rings. The van der Waals surface area contributed by atoms with Gasteiger partial charge in [-0.25, -0.2) is 0 Å². The number of hydrogen-bond acceptors (Lipinski definition) is 8. The van der Waals surface area contributed by atoms with Crippen molar-refractivity contribution in [3.8, 4) is 17.2 Å². The number of fused-ring (bicyclic) bond motifs is 5. The normalized spacial score (nSPS) is 36.0. The van der Waals surface area contributed by atoms with Gasteiger partial charge in [-0.05, 0) is 92.6 Å². The van der Waals surface area contributed by atoms with Gasteiger partial charge in [0.15, 0.2) is 22.8 Å². The Hall–Kier alpha value is -3.65. The van der Waals surface area contributed by atoms with Crippen LogP contribution in [0.15, 0.2) is 47.3 Å². The molecule has 1 aromatic carbocycles. The molecule has 4 aliphatic carbocycles. The van der Waals surface area contributed by atoms with Gasteiger partial charge in [0.2, 0.25) is 0 Å². The molecule has 2 saturated carbocycles. The monoisotopic (exact) mass is 628 g/mol. The van der Waals surface area contributed by atoms with Gasteiger partial charge < -0.3 is 24.1 Å². The number of allylic oxidation sites excluding steroid dienone is 5. The van der Waals surface area contributed by atoms with Gasteiger partial charge >= 0.3 is 0 Å². The zero-order chi connectivity index (χ0) is 33.1. The van der Waals surface area contributed by atoms with E-state index >= 15 is 0 Å². The SMILES string of the molecule is C=C(C)[C@@H]1CC[C@@]2(C)CC1c1c(O)c3c(c(CC=C(C)C)c1O2)O[C@]12C(=C[C@@H]4CC1C(C)(C)OC2(C/C=C(/C)OC=O)C4=O)C3=O. The van der Waals surface area contributed by atoms with Crippen LogP contribution in [-0.2, 0) is 25.5 Å². The second-order valence-corrected chi connectivity index (χ2v) is 15.4. The molecule has 1 aromatic rings. The van der Waals surface area contributed by atoms with Gasteiger partial charge in [-0.1, -0.05) is 29.9 Å². The average Bonchev–Trinajstić information content (AvgIpc) is 3.12. The van der Waals surface area contributed by atoms with Crippen molar-refractivity contribution in [1.82, 2.24) is 0 Å². The van der Waals surface area contributed by atoms with Gasteiger partial charge in [0.25, 0.3) is 6.47 Å². The zero-order valence-corrected chi connectivity index (χ0v) is 27.9. The number of phenolic OH excluding ortho intramolecular Hbond substituents is 1. The topological polar surface area (TPSA) is 108 Å². The van der Waals surface area contributed by atoms with E-state index in [9.17, 15) is 19.5 Å². The van der Waals surface area contributed by atoms with E-state index in [1.807, 2.05) is 34.6 Å². The van der Waals surface area contributed by atoms with Crippen LogP contribution in [0.5, 0.6) is 17.2 Å². The Morgan fingerprint density at radius 3 is 2.52 bits per heavy atom. The summed E-state index contributed by atoms with van der Waals surface area (Å²) in [5, 5.41) is 12.2. The number of hydrogen-bond donors (Lipinski definition) is 1. The second kappa shape index (κ2) is 9.93. The Bertz CT molecular complexity index is 1700. The van der Waals surface area contributed by atoms with Crippen molar-refractivity contribution in [2.75, 3.05) is 0 Å². The number of carbonyl (C=O) groups is 3. The van der Waals surface area contributed by atoms with Crippen LogP contribution in [0.3, 0.4) is 0 Å². The molecule has 244 valence electrons. The summed E-state index contributed by atoms with van der Waals surface area (Å²) in [6.07, 6.45) is 8.89. The van der Waals surface area contributed by atoms with Crippen LogP contribution in [-0.4, -0.2) is 45.5 Å². The third-order valence-corrected chi connectivity index (χ3v) is 11.7. The highest BCUT2D eigenvalue weighted by Gasteiger charge is 2.81. The van der Waals surface area contributed by atoms with Gasteiger partial charge in [0.1, 0.15) is 34.2 Å². The highest BCUT2D eigenvalue weighted by molar-refractivity contribution is 6.18. The molecule has 6 bridgehead atoms. The summed E-state index contributed by atoms with van der Waals surface area (Å²) in [5.74, 6) is -0.231. The number of rotatable bonds is 7. The fourth-order valence-corrected chi connectivity index (χ4v) is 9.68. The quantitative estimate of drug-likeness (QED) is 0.196. The molecule has 0 aromatic heterocycles. The Kier molecular flexibility index (Phi) is 6.68. The summed E-state index contributed by atoms with van der Waals surface area (Å²) in [6, 6.07) is 0.